The molecule has 0 radical (unpaired) electrons. The highest BCUT2D eigenvalue weighted by atomic mass is 32.1. The van der Waals surface area contributed by atoms with Crippen molar-refractivity contribution < 1.29 is 14.7 Å². The van der Waals surface area contributed by atoms with Gasteiger partial charge in [0, 0.05) is 5.38 Å². The number of carboxylic acids is 1. The standard InChI is InChI=1S/C11H10N2O3S2/c1-6-13-7(5-17-6)4-12-10(14)8-2-3-9(18-8)11(15)16/h2-3,5H,4H2,1H3,(H,12,14)(H,15,16). The van der Waals surface area contributed by atoms with Crippen molar-refractivity contribution in [1.29, 1.82) is 0 Å². The van der Waals surface area contributed by atoms with Crippen molar-refractivity contribution in [2.24, 2.45) is 0 Å². The van der Waals surface area contributed by atoms with Gasteiger partial charge in [0.15, 0.2) is 0 Å². The van der Waals surface area contributed by atoms with Gasteiger partial charge in [-0.15, -0.1) is 22.7 Å². The molecule has 2 heterocycles. The molecule has 2 rings (SSSR count). The fraction of sp³-hybridized carbons (Fsp3) is 0.182. The van der Waals surface area contributed by atoms with Gasteiger partial charge in [0.05, 0.1) is 22.1 Å². The highest BCUT2D eigenvalue weighted by Crippen LogP contribution is 2.16. The maximum atomic E-state index is 11.7. The summed E-state index contributed by atoms with van der Waals surface area (Å²) in [6.45, 7) is 2.25. The second-order valence-corrected chi connectivity index (χ2v) is 5.66. The number of thiophene rings is 1. The molecule has 0 aliphatic carbocycles. The predicted molar refractivity (Wildman–Crippen MR) is 69.3 cm³/mol. The van der Waals surface area contributed by atoms with Gasteiger partial charge in [0.1, 0.15) is 4.88 Å². The van der Waals surface area contributed by atoms with Gasteiger partial charge in [-0.1, -0.05) is 0 Å². The summed E-state index contributed by atoms with van der Waals surface area (Å²) in [5.74, 6) is -1.30. The first-order valence-corrected chi connectivity index (χ1v) is 6.78. The quantitative estimate of drug-likeness (QED) is 0.900. The molecule has 1 amide bonds. The lowest BCUT2D eigenvalue weighted by Crippen LogP contribution is -2.21. The van der Waals surface area contributed by atoms with Gasteiger partial charge in [-0.25, -0.2) is 9.78 Å². The van der Waals surface area contributed by atoms with Crippen molar-refractivity contribution in [1.82, 2.24) is 10.3 Å². The van der Waals surface area contributed by atoms with Crippen LogP contribution < -0.4 is 5.32 Å². The van der Waals surface area contributed by atoms with Crippen LogP contribution in [0.1, 0.15) is 30.0 Å². The Hall–Kier alpha value is -1.73. The number of carbonyl (C=O) groups is 2. The summed E-state index contributed by atoms with van der Waals surface area (Å²) in [6, 6.07) is 2.94. The molecule has 0 fully saturated rings. The number of hydrogen-bond donors (Lipinski definition) is 2. The number of hydrogen-bond acceptors (Lipinski definition) is 5. The average Bonchev–Trinajstić information content (AvgIpc) is 2.94. The van der Waals surface area contributed by atoms with Crippen LogP contribution >= 0.6 is 22.7 Å². The van der Waals surface area contributed by atoms with Crippen molar-refractivity contribution in [2.75, 3.05) is 0 Å². The first-order chi connectivity index (χ1) is 8.56. The Morgan fingerprint density at radius 2 is 2.11 bits per heavy atom. The van der Waals surface area contributed by atoms with Gasteiger partial charge in [0.25, 0.3) is 5.91 Å². The monoisotopic (exact) mass is 282 g/mol. The minimum absolute atomic E-state index is 0.157. The summed E-state index contributed by atoms with van der Waals surface area (Å²) >= 11 is 2.48. The third-order valence-corrected chi connectivity index (χ3v) is 4.03. The van der Waals surface area contributed by atoms with E-state index in [-0.39, 0.29) is 10.8 Å². The Labute approximate surface area is 111 Å². The zero-order valence-corrected chi connectivity index (χ0v) is 11.1. The second kappa shape index (κ2) is 5.28. The maximum Gasteiger partial charge on any atom is 0.345 e. The Kier molecular flexibility index (Phi) is 3.73. The number of nitrogens with zero attached hydrogens (tertiary/aromatic N) is 1. The van der Waals surface area contributed by atoms with E-state index in [0.29, 0.717) is 11.4 Å². The minimum Gasteiger partial charge on any atom is -0.477 e. The van der Waals surface area contributed by atoms with Crippen molar-refractivity contribution in [2.45, 2.75) is 13.5 Å². The third kappa shape index (κ3) is 2.93. The molecule has 0 spiro atoms. The number of thiazole rings is 1. The van der Waals surface area contributed by atoms with E-state index in [2.05, 4.69) is 10.3 Å². The van der Waals surface area contributed by atoms with Crippen LogP contribution in [0.15, 0.2) is 17.5 Å². The summed E-state index contributed by atoms with van der Waals surface area (Å²) in [4.78, 5) is 27.2. The molecule has 18 heavy (non-hydrogen) atoms. The highest BCUT2D eigenvalue weighted by molar-refractivity contribution is 7.15. The van der Waals surface area contributed by atoms with Gasteiger partial charge in [0.2, 0.25) is 0 Å². The molecule has 0 bridgehead atoms. The molecule has 2 aromatic heterocycles. The summed E-state index contributed by atoms with van der Waals surface area (Å²) in [7, 11) is 0. The first kappa shape index (κ1) is 12.7. The summed E-state index contributed by atoms with van der Waals surface area (Å²) in [5.41, 5.74) is 0.806. The van der Waals surface area contributed by atoms with E-state index in [0.717, 1.165) is 22.0 Å². The Morgan fingerprint density at radius 1 is 1.39 bits per heavy atom. The first-order valence-electron chi connectivity index (χ1n) is 5.08. The number of aromatic carboxylic acids is 1. The predicted octanol–water partition coefficient (Wildman–Crippen LogP) is 2.14. The van der Waals surface area contributed by atoms with Gasteiger partial charge in [-0.05, 0) is 19.1 Å². The summed E-state index contributed by atoms with van der Waals surface area (Å²) < 4.78 is 0. The molecule has 0 aromatic carbocycles. The molecule has 2 aromatic rings. The molecule has 94 valence electrons. The normalized spacial score (nSPS) is 10.3. The number of carbonyl (C=O) groups excluding carboxylic acids is 1. The molecule has 0 saturated carbocycles. The van der Waals surface area contributed by atoms with Crippen LogP contribution in [0.25, 0.3) is 0 Å². The number of aryl methyl sites for hydroxylation is 1. The molecule has 5 nitrogen and oxygen atoms in total. The van der Waals surface area contributed by atoms with Gasteiger partial charge >= 0.3 is 5.97 Å². The Balaban J connectivity index is 1.97. The molecule has 0 unspecified atom stereocenters. The number of aromatic nitrogens is 1. The fourth-order valence-corrected chi connectivity index (χ4v) is 2.70. The van der Waals surface area contributed by atoms with Crippen LogP contribution in [0.2, 0.25) is 0 Å². The minimum atomic E-state index is -1.02. The van der Waals surface area contributed by atoms with Crippen molar-refractivity contribution >= 4 is 34.6 Å². The van der Waals surface area contributed by atoms with E-state index in [1.54, 1.807) is 0 Å². The molecule has 0 aliphatic heterocycles. The van der Waals surface area contributed by atoms with Crippen molar-refractivity contribution in [3.05, 3.63) is 38.0 Å². The molecule has 7 heteroatoms. The SMILES string of the molecule is Cc1nc(CNC(=O)c2ccc(C(=O)O)s2)cs1. The average molecular weight is 282 g/mol. The van der Waals surface area contributed by atoms with Gasteiger partial charge in [-0.2, -0.15) is 0 Å². The maximum absolute atomic E-state index is 11.7. The van der Waals surface area contributed by atoms with Crippen LogP contribution in [0.4, 0.5) is 0 Å². The van der Waals surface area contributed by atoms with Crippen LogP contribution in [-0.4, -0.2) is 22.0 Å². The molecule has 0 atom stereocenters. The summed E-state index contributed by atoms with van der Waals surface area (Å²) in [5, 5.41) is 14.3. The van der Waals surface area contributed by atoms with Crippen LogP contribution in [-0.2, 0) is 6.54 Å². The molecule has 0 aliphatic rings. The lowest BCUT2D eigenvalue weighted by molar-refractivity contribution is 0.0702. The van der Waals surface area contributed by atoms with Crippen LogP contribution in [0.3, 0.4) is 0 Å². The third-order valence-electron chi connectivity index (χ3n) is 2.14. The topological polar surface area (TPSA) is 79.3 Å². The Morgan fingerprint density at radius 3 is 2.67 bits per heavy atom. The lowest BCUT2D eigenvalue weighted by Gasteiger charge is -2.00. The highest BCUT2D eigenvalue weighted by Gasteiger charge is 2.12. The van der Waals surface area contributed by atoms with Crippen LogP contribution in [0, 0.1) is 6.92 Å². The fourth-order valence-electron chi connectivity index (χ4n) is 1.32. The second-order valence-electron chi connectivity index (χ2n) is 3.51. The zero-order chi connectivity index (χ0) is 13.1. The molecule has 2 N–H and O–H groups in total. The van der Waals surface area contributed by atoms with E-state index < -0.39 is 5.97 Å². The molecular weight excluding hydrogens is 272 g/mol. The number of rotatable bonds is 4. The largest absolute Gasteiger partial charge is 0.477 e. The van der Waals surface area contributed by atoms with E-state index in [1.807, 2.05) is 12.3 Å². The number of nitrogens with one attached hydrogen (secondary N) is 1. The van der Waals surface area contributed by atoms with Crippen molar-refractivity contribution in [3.8, 4) is 0 Å². The zero-order valence-electron chi connectivity index (χ0n) is 9.47. The number of carboxylic acid groups (broad SMARTS) is 1. The van der Waals surface area contributed by atoms with E-state index in [9.17, 15) is 9.59 Å². The molecule has 0 saturated heterocycles. The smallest absolute Gasteiger partial charge is 0.345 e. The van der Waals surface area contributed by atoms with E-state index in [4.69, 9.17) is 5.11 Å². The lowest BCUT2D eigenvalue weighted by atomic mass is 10.4. The van der Waals surface area contributed by atoms with Gasteiger partial charge < -0.3 is 10.4 Å². The number of amides is 1. The van der Waals surface area contributed by atoms with Crippen LogP contribution in [0.5, 0.6) is 0 Å². The summed E-state index contributed by atoms with van der Waals surface area (Å²) in [6.07, 6.45) is 0. The van der Waals surface area contributed by atoms with E-state index >= 15 is 0 Å². The van der Waals surface area contributed by atoms with E-state index in [1.165, 1.54) is 23.5 Å². The van der Waals surface area contributed by atoms with Crippen molar-refractivity contribution in [3.63, 3.8) is 0 Å². The van der Waals surface area contributed by atoms with Gasteiger partial charge in [-0.3, -0.25) is 4.79 Å². The molecular formula is C11H10N2O3S2. The Bertz CT molecular complexity index is 589.